The Morgan fingerprint density at radius 1 is 1.43 bits per heavy atom. The third kappa shape index (κ3) is 3.93. The van der Waals surface area contributed by atoms with Crippen LogP contribution in [0.2, 0.25) is 0 Å². The highest BCUT2D eigenvalue weighted by molar-refractivity contribution is 5.79. The Hall–Kier alpha value is -1.40. The maximum atomic E-state index is 12.8. The maximum absolute atomic E-state index is 12.8. The van der Waals surface area contributed by atoms with Gasteiger partial charge in [-0.25, -0.2) is 0 Å². The van der Waals surface area contributed by atoms with Gasteiger partial charge in [0.15, 0.2) is 0 Å². The molecule has 6 heteroatoms. The molecule has 1 aromatic heterocycles. The SMILES string of the molecule is Cc1cc(C)n(CC2CN(C(=O)C3CCCC(N)C3)CCO2)n1. The topological polar surface area (TPSA) is 73.4 Å². The van der Waals surface area contributed by atoms with Crippen molar-refractivity contribution >= 4 is 5.91 Å². The first kappa shape index (κ1) is 16.5. The molecule has 1 aromatic rings. The van der Waals surface area contributed by atoms with Crippen molar-refractivity contribution in [2.24, 2.45) is 11.7 Å². The number of morpholine rings is 1. The van der Waals surface area contributed by atoms with Crippen LogP contribution in [0.5, 0.6) is 0 Å². The summed E-state index contributed by atoms with van der Waals surface area (Å²) in [6.07, 6.45) is 3.94. The van der Waals surface area contributed by atoms with E-state index < -0.39 is 0 Å². The summed E-state index contributed by atoms with van der Waals surface area (Å²) in [6, 6.07) is 2.25. The largest absolute Gasteiger partial charge is 0.373 e. The zero-order chi connectivity index (χ0) is 16.4. The molecule has 3 atom stereocenters. The molecule has 2 heterocycles. The highest BCUT2D eigenvalue weighted by atomic mass is 16.5. The van der Waals surface area contributed by atoms with E-state index in [-0.39, 0.29) is 24.0 Å². The first-order valence-corrected chi connectivity index (χ1v) is 8.70. The Morgan fingerprint density at radius 2 is 2.26 bits per heavy atom. The summed E-state index contributed by atoms with van der Waals surface area (Å²) in [5, 5.41) is 4.49. The Bertz CT molecular complexity index is 557. The molecule has 6 nitrogen and oxygen atoms in total. The molecule has 2 N–H and O–H groups in total. The van der Waals surface area contributed by atoms with Crippen LogP contribution < -0.4 is 5.73 Å². The molecule has 1 saturated heterocycles. The van der Waals surface area contributed by atoms with Gasteiger partial charge >= 0.3 is 0 Å². The average Bonchev–Trinajstić information content (AvgIpc) is 2.84. The van der Waals surface area contributed by atoms with E-state index in [9.17, 15) is 4.79 Å². The van der Waals surface area contributed by atoms with E-state index in [0.717, 1.165) is 37.1 Å². The lowest BCUT2D eigenvalue weighted by Crippen LogP contribution is -2.50. The molecule has 1 aliphatic carbocycles. The molecule has 2 fully saturated rings. The quantitative estimate of drug-likeness (QED) is 0.909. The fourth-order valence-electron chi connectivity index (χ4n) is 3.79. The standard InChI is InChI=1S/C17H28N4O2/c1-12-8-13(2)21(19-12)11-16-10-20(6-7-23-16)17(22)14-4-3-5-15(18)9-14/h8,14-16H,3-7,9-11,18H2,1-2H3. The summed E-state index contributed by atoms with van der Waals surface area (Å²) in [5.74, 6) is 0.369. The van der Waals surface area contributed by atoms with Gasteiger partial charge in [0.2, 0.25) is 5.91 Å². The van der Waals surface area contributed by atoms with Crippen LogP contribution in [0.1, 0.15) is 37.1 Å². The normalized spacial score (nSPS) is 28.8. The lowest BCUT2D eigenvalue weighted by molar-refractivity contribution is -0.144. The average molecular weight is 320 g/mol. The van der Waals surface area contributed by atoms with Gasteiger partial charge in [0.05, 0.1) is 24.9 Å². The number of carbonyl (C=O) groups excluding carboxylic acids is 1. The highest BCUT2D eigenvalue weighted by Crippen LogP contribution is 2.25. The van der Waals surface area contributed by atoms with Gasteiger partial charge in [0.1, 0.15) is 0 Å². The molecule has 0 bridgehead atoms. The van der Waals surface area contributed by atoms with Crippen LogP contribution in [0.15, 0.2) is 6.07 Å². The number of amides is 1. The number of hydrogen-bond acceptors (Lipinski definition) is 4. The van der Waals surface area contributed by atoms with Crippen molar-refractivity contribution in [3.05, 3.63) is 17.5 Å². The Balaban J connectivity index is 1.59. The van der Waals surface area contributed by atoms with Crippen molar-refractivity contribution in [1.82, 2.24) is 14.7 Å². The fourth-order valence-corrected chi connectivity index (χ4v) is 3.79. The summed E-state index contributed by atoms with van der Waals surface area (Å²) < 4.78 is 7.83. The smallest absolute Gasteiger partial charge is 0.225 e. The third-order valence-corrected chi connectivity index (χ3v) is 4.99. The first-order valence-electron chi connectivity index (χ1n) is 8.70. The van der Waals surface area contributed by atoms with E-state index in [1.165, 1.54) is 0 Å². The van der Waals surface area contributed by atoms with E-state index in [2.05, 4.69) is 18.1 Å². The number of nitrogens with two attached hydrogens (primary N) is 1. The zero-order valence-electron chi connectivity index (χ0n) is 14.2. The Labute approximate surface area is 138 Å². The molecule has 128 valence electrons. The lowest BCUT2D eigenvalue weighted by Gasteiger charge is -2.36. The van der Waals surface area contributed by atoms with Crippen molar-refractivity contribution in [3.63, 3.8) is 0 Å². The molecule has 2 aliphatic rings. The van der Waals surface area contributed by atoms with Gasteiger partial charge in [-0.3, -0.25) is 9.48 Å². The monoisotopic (exact) mass is 320 g/mol. The molecule has 0 spiro atoms. The number of aryl methyl sites for hydroxylation is 2. The third-order valence-electron chi connectivity index (χ3n) is 4.99. The van der Waals surface area contributed by atoms with Gasteiger partial charge in [-0.1, -0.05) is 6.42 Å². The Kier molecular flexibility index (Phi) is 5.02. The van der Waals surface area contributed by atoms with Gasteiger partial charge in [0, 0.05) is 30.7 Å². The molecule has 0 radical (unpaired) electrons. The van der Waals surface area contributed by atoms with E-state index in [1.54, 1.807) is 0 Å². The second kappa shape index (κ2) is 7.01. The van der Waals surface area contributed by atoms with Crippen LogP contribution in [-0.4, -0.2) is 52.4 Å². The van der Waals surface area contributed by atoms with Gasteiger partial charge in [-0.2, -0.15) is 5.10 Å². The minimum atomic E-state index is 0.0166. The number of rotatable bonds is 3. The summed E-state index contributed by atoms with van der Waals surface area (Å²) in [4.78, 5) is 14.7. The molecule has 1 saturated carbocycles. The molecule has 23 heavy (non-hydrogen) atoms. The molecule has 1 aliphatic heterocycles. The number of hydrogen-bond donors (Lipinski definition) is 1. The fraction of sp³-hybridized carbons (Fsp3) is 0.765. The van der Waals surface area contributed by atoms with Gasteiger partial charge in [0.25, 0.3) is 0 Å². The van der Waals surface area contributed by atoms with Crippen LogP contribution in [0.25, 0.3) is 0 Å². The lowest BCUT2D eigenvalue weighted by atomic mass is 9.85. The molecule has 1 amide bonds. The van der Waals surface area contributed by atoms with E-state index >= 15 is 0 Å². The molecule has 3 rings (SSSR count). The number of ether oxygens (including phenoxy) is 1. The minimum absolute atomic E-state index is 0.0166. The second-order valence-corrected chi connectivity index (χ2v) is 7.01. The summed E-state index contributed by atoms with van der Waals surface area (Å²) in [7, 11) is 0. The molecular weight excluding hydrogens is 292 g/mol. The second-order valence-electron chi connectivity index (χ2n) is 7.01. The first-order chi connectivity index (χ1) is 11.0. The van der Waals surface area contributed by atoms with Crippen LogP contribution >= 0.6 is 0 Å². The van der Waals surface area contributed by atoms with Crippen LogP contribution in [-0.2, 0) is 16.1 Å². The van der Waals surface area contributed by atoms with Crippen LogP contribution in [0, 0.1) is 19.8 Å². The summed E-state index contributed by atoms with van der Waals surface area (Å²) in [6.45, 7) is 6.70. The summed E-state index contributed by atoms with van der Waals surface area (Å²) in [5.41, 5.74) is 8.18. The van der Waals surface area contributed by atoms with Crippen molar-refractivity contribution in [1.29, 1.82) is 0 Å². The van der Waals surface area contributed by atoms with Gasteiger partial charge < -0.3 is 15.4 Å². The van der Waals surface area contributed by atoms with E-state index in [1.807, 2.05) is 16.5 Å². The molecule has 3 unspecified atom stereocenters. The number of aromatic nitrogens is 2. The number of carbonyl (C=O) groups is 1. The Morgan fingerprint density at radius 3 is 2.96 bits per heavy atom. The predicted molar refractivity (Wildman–Crippen MR) is 88.0 cm³/mol. The molecule has 0 aromatic carbocycles. The molecular formula is C17H28N4O2. The van der Waals surface area contributed by atoms with Crippen molar-refractivity contribution in [2.45, 2.75) is 58.2 Å². The zero-order valence-corrected chi connectivity index (χ0v) is 14.2. The van der Waals surface area contributed by atoms with Gasteiger partial charge in [-0.15, -0.1) is 0 Å². The van der Waals surface area contributed by atoms with Crippen LogP contribution in [0.4, 0.5) is 0 Å². The maximum Gasteiger partial charge on any atom is 0.225 e. The van der Waals surface area contributed by atoms with Crippen molar-refractivity contribution in [3.8, 4) is 0 Å². The number of nitrogens with zero attached hydrogens (tertiary/aromatic N) is 3. The summed E-state index contributed by atoms with van der Waals surface area (Å²) >= 11 is 0. The predicted octanol–water partition coefficient (Wildman–Crippen LogP) is 1.24. The van der Waals surface area contributed by atoms with Crippen molar-refractivity contribution in [2.75, 3.05) is 19.7 Å². The van der Waals surface area contributed by atoms with Crippen LogP contribution in [0.3, 0.4) is 0 Å². The highest BCUT2D eigenvalue weighted by Gasteiger charge is 2.32. The van der Waals surface area contributed by atoms with Gasteiger partial charge in [-0.05, 0) is 39.2 Å². The van der Waals surface area contributed by atoms with E-state index in [4.69, 9.17) is 10.5 Å². The minimum Gasteiger partial charge on any atom is -0.373 e. The van der Waals surface area contributed by atoms with E-state index in [0.29, 0.717) is 26.2 Å². The van der Waals surface area contributed by atoms with Crippen molar-refractivity contribution < 1.29 is 9.53 Å².